The monoisotopic (exact) mass is 243 g/mol. The average molecular weight is 244 g/mol. The number of aromatic nitrogens is 1. The molecule has 8 heteroatoms. The van der Waals surface area contributed by atoms with Gasteiger partial charge in [0, 0.05) is 5.56 Å². The van der Waals surface area contributed by atoms with Crippen molar-refractivity contribution >= 4 is 29.2 Å². The summed E-state index contributed by atoms with van der Waals surface area (Å²) in [4.78, 5) is 25.7. The SMILES string of the molecule is NNc1cc(C(=O)NCC(N)=O)cc(Cl)n1. The van der Waals surface area contributed by atoms with Gasteiger partial charge in [0.2, 0.25) is 5.91 Å². The largest absolute Gasteiger partial charge is 0.368 e. The van der Waals surface area contributed by atoms with Gasteiger partial charge in [-0.05, 0) is 12.1 Å². The number of rotatable bonds is 4. The Balaban J connectivity index is 2.82. The van der Waals surface area contributed by atoms with Crippen molar-refractivity contribution in [3.63, 3.8) is 0 Å². The maximum Gasteiger partial charge on any atom is 0.251 e. The first-order valence-corrected chi connectivity index (χ1v) is 4.61. The molecule has 6 N–H and O–H groups in total. The van der Waals surface area contributed by atoms with Crippen molar-refractivity contribution in [1.29, 1.82) is 0 Å². The number of hydrogen-bond donors (Lipinski definition) is 4. The zero-order valence-corrected chi connectivity index (χ0v) is 8.91. The van der Waals surface area contributed by atoms with Crippen LogP contribution in [0.25, 0.3) is 0 Å². The summed E-state index contributed by atoms with van der Waals surface area (Å²) in [5, 5.41) is 2.42. The molecule has 1 heterocycles. The minimum Gasteiger partial charge on any atom is -0.368 e. The fourth-order valence-electron chi connectivity index (χ4n) is 0.971. The van der Waals surface area contributed by atoms with Crippen molar-refractivity contribution in [2.75, 3.05) is 12.0 Å². The van der Waals surface area contributed by atoms with Gasteiger partial charge in [-0.25, -0.2) is 10.8 Å². The number of hydrazine groups is 1. The summed E-state index contributed by atoms with van der Waals surface area (Å²) in [5.74, 6) is 4.26. The number of nitrogens with one attached hydrogen (secondary N) is 2. The predicted molar refractivity (Wildman–Crippen MR) is 58.6 cm³/mol. The summed E-state index contributed by atoms with van der Waals surface area (Å²) in [6.45, 7) is -0.246. The van der Waals surface area contributed by atoms with Crippen molar-refractivity contribution in [2.24, 2.45) is 11.6 Å². The summed E-state index contributed by atoms with van der Waals surface area (Å²) in [5.41, 5.74) is 7.37. The molecular formula is C8H10ClN5O2. The van der Waals surface area contributed by atoms with E-state index in [1.165, 1.54) is 12.1 Å². The van der Waals surface area contributed by atoms with Gasteiger partial charge in [-0.15, -0.1) is 0 Å². The van der Waals surface area contributed by atoms with E-state index >= 15 is 0 Å². The third-order valence-corrected chi connectivity index (χ3v) is 1.82. The van der Waals surface area contributed by atoms with Gasteiger partial charge < -0.3 is 16.5 Å². The zero-order valence-electron chi connectivity index (χ0n) is 8.16. The molecule has 0 aliphatic rings. The number of halogens is 1. The maximum atomic E-state index is 11.5. The highest BCUT2D eigenvalue weighted by Gasteiger charge is 2.09. The number of hydrogen-bond acceptors (Lipinski definition) is 5. The third kappa shape index (κ3) is 3.37. The second-order valence-electron chi connectivity index (χ2n) is 2.86. The maximum absolute atomic E-state index is 11.5. The van der Waals surface area contributed by atoms with Crippen LogP contribution in [0.5, 0.6) is 0 Å². The molecule has 1 rings (SSSR count). The van der Waals surface area contributed by atoms with Crippen molar-refractivity contribution in [2.45, 2.75) is 0 Å². The van der Waals surface area contributed by atoms with E-state index in [0.717, 1.165) is 0 Å². The minimum atomic E-state index is -0.634. The van der Waals surface area contributed by atoms with Gasteiger partial charge in [0.05, 0.1) is 6.54 Å². The van der Waals surface area contributed by atoms with Crippen LogP contribution in [0.1, 0.15) is 10.4 Å². The summed E-state index contributed by atoms with van der Waals surface area (Å²) < 4.78 is 0. The lowest BCUT2D eigenvalue weighted by atomic mass is 10.2. The first-order valence-electron chi connectivity index (χ1n) is 4.23. The normalized spacial score (nSPS) is 9.62. The number of carbonyl (C=O) groups excluding carboxylic acids is 2. The van der Waals surface area contributed by atoms with Gasteiger partial charge >= 0.3 is 0 Å². The van der Waals surface area contributed by atoms with Gasteiger partial charge in [0.1, 0.15) is 11.0 Å². The molecule has 0 saturated carbocycles. The number of nitrogen functional groups attached to an aromatic ring is 1. The van der Waals surface area contributed by atoms with Crippen LogP contribution in [-0.2, 0) is 4.79 Å². The van der Waals surface area contributed by atoms with E-state index in [1.807, 2.05) is 0 Å². The second-order valence-corrected chi connectivity index (χ2v) is 3.24. The van der Waals surface area contributed by atoms with Crippen LogP contribution in [0, 0.1) is 0 Å². The van der Waals surface area contributed by atoms with Crippen LogP contribution < -0.4 is 22.3 Å². The molecule has 0 aliphatic heterocycles. The standard InChI is InChI=1S/C8H10ClN5O2/c9-5-1-4(2-7(13-5)14-11)8(16)12-3-6(10)15/h1-2H,3,11H2,(H2,10,15)(H,12,16)(H,13,14). The molecular weight excluding hydrogens is 234 g/mol. The minimum absolute atomic E-state index is 0.111. The summed E-state index contributed by atoms with van der Waals surface area (Å²) in [6.07, 6.45) is 0. The molecule has 2 amide bonds. The van der Waals surface area contributed by atoms with E-state index in [4.69, 9.17) is 23.2 Å². The number of pyridine rings is 1. The van der Waals surface area contributed by atoms with Crippen LogP contribution in [0.4, 0.5) is 5.82 Å². The lowest BCUT2D eigenvalue weighted by Gasteiger charge is -2.05. The number of nitrogens with zero attached hydrogens (tertiary/aromatic N) is 1. The Hall–Kier alpha value is -1.86. The Kier molecular flexibility index (Phi) is 4.03. The third-order valence-electron chi connectivity index (χ3n) is 1.63. The molecule has 0 unspecified atom stereocenters. The molecule has 0 atom stereocenters. The van der Waals surface area contributed by atoms with Crippen LogP contribution in [0.2, 0.25) is 5.15 Å². The van der Waals surface area contributed by atoms with Crippen LogP contribution in [0.3, 0.4) is 0 Å². The average Bonchev–Trinajstić information content (AvgIpc) is 2.24. The number of amides is 2. The van der Waals surface area contributed by atoms with Gasteiger partial charge in [0.25, 0.3) is 5.91 Å². The van der Waals surface area contributed by atoms with Crippen molar-refractivity contribution in [1.82, 2.24) is 10.3 Å². The fourth-order valence-corrected chi connectivity index (χ4v) is 1.18. The van der Waals surface area contributed by atoms with E-state index in [-0.39, 0.29) is 23.1 Å². The molecule has 86 valence electrons. The van der Waals surface area contributed by atoms with E-state index < -0.39 is 11.8 Å². The summed E-state index contributed by atoms with van der Waals surface area (Å²) >= 11 is 5.66. The lowest BCUT2D eigenvalue weighted by molar-refractivity contribution is -0.117. The van der Waals surface area contributed by atoms with E-state index in [9.17, 15) is 9.59 Å². The van der Waals surface area contributed by atoms with Crippen molar-refractivity contribution in [3.05, 3.63) is 22.8 Å². The zero-order chi connectivity index (χ0) is 12.1. The number of primary amides is 1. The Morgan fingerprint density at radius 3 is 2.69 bits per heavy atom. The molecule has 1 aromatic rings. The quantitative estimate of drug-likeness (QED) is 0.314. The van der Waals surface area contributed by atoms with Gasteiger partial charge in [-0.1, -0.05) is 11.6 Å². The first kappa shape index (κ1) is 12.2. The molecule has 16 heavy (non-hydrogen) atoms. The van der Waals surface area contributed by atoms with Crippen molar-refractivity contribution < 1.29 is 9.59 Å². The molecule has 0 saturated heterocycles. The first-order chi connectivity index (χ1) is 7.52. The Bertz CT molecular complexity index is 423. The molecule has 0 bridgehead atoms. The van der Waals surface area contributed by atoms with Gasteiger partial charge in [-0.3, -0.25) is 9.59 Å². The number of carbonyl (C=O) groups is 2. The molecule has 7 nitrogen and oxygen atoms in total. The van der Waals surface area contributed by atoms with E-state index in [1.54, 1.807) is 0 Å². The van der Waals surface area contributed by atoms with Gasteiger partial charge in [-0.2, -0.15) is 0 Å². The summed E-state index contributed by atoms with van der Waals surface area (Å²) in [7, 11) is 0. The Morgan fingerprint density at radius 2 is 2.12 bits per heavy atom. The molecule has 0 spiro atoms. The topological polar surface area (TPSA) is 123 Å². The molecule has 0 fully saturated rings. The number of anilines is 1. The highest BCUT2D eigenvalue weighted by atomic mass is 35.5. The highest BCUT2D eigenvalue weighted by Crippen LogP contribution is 2.13. The molecule has 1 aromatic heterocycles. The van der Waals surface area contributed by atoms with E-state index in [0.29, 0.717) is 0 Å². The Morgan fingerprint density at radius 1 is 1.44 bits per heavy atom. The van der Waals surface area contributed by atoms with Crippen LogP contribution in [0.15, 0.2) is 12.1 Å². The molecule has 0 aliphatic carbocycles. The lowest BCUT2D eigenvalue weighted by Crippen LogP contribution is -2.33. The van der Waals surface area contributed by atoms with Crippen LogP contribution >= 0.6 is 11.6 Å². The smallest absolute Gasteiger partial charge is 0.251 e. The highest BCUT2D eigenvalue weighted by molar-refractivity contribution is 6.29. The summed E-state index contributed by atoms with van der Waals surface area (Å²) in [6, 6.07) is 2.74. The van der Waals surface area contributed by atoms with E-state index in [2.05, 4.69) is 15.7 Å². The fraction of sp³-hybridized carbons (Fsp3) is 0.125. The predicted octanol–water partition coefficient (Wildman–Crippen LogP) is -0.764. The second kappa shape index (κ2) is 5.29. The van der Waals surface area contributed by atoms with Gasteiger partial charge in [0.15, 0.2) is 0 Å². The molecule has 0 radical (unpaired) electrons. The number of nitrogens with two attached hydrogens (primary N) is 2. The Labute approximate surface area is 96.1 Å². The molecule has 0 aromatic carbocycles. The van der Waals surface area contributed by atoms with Crippen LogP contribution in [-0.4, -0.2) is 23.3 Å². The van der Waals surface area contributed by atoms with Crippen molar-refractivity contribution in [3.8, 4) is 0 Å².